The van der Waals surface area contributed by atoms with Crippen LogP contribution in [0.4, 0.5) is 0 Å². The number of carbonyl (C=O) groups is 1. The maximum absolute atomic E-state index is 12.2. The molecule has 22 heavy (non-hydrogen) atoms. The van der Waals surface area contributed by atoms with E-state index in [1.54, 1.807) is 12.1 Å². The van der Waals surface area contributed by atoms with E-state index in [0.29, 0.717) is 5.56 Å². The van der Waals surface area contributed by atoms with E-state index < -0.39 is 17.7 Å². The number of aryl methyl sites for hydroxylation is 1. The zero-order chi connectivity index (χ0) is 15.7. The van der Waals surface area contributed by atoms with Crippen LogP contribution < -0.4 is 5.43 Å². The van der Waals surface area contributed by atoms with Crippen molar-refractivity contribution in [2.75, 3.05) is 0 Å². The lowest BCUT2D eigenvalue weighted by Gasteiger charge is -2.20. The van der Waals surface area contributed by atoms with Gasteiger partial charge >= 0.3 is 0 Å². The summed E-state index contributed by atoms with van der Waals surface area (Å²) in [6.45, 7) is 2.22. The van der Waals surface area contributed by atoms with Gasteiger partial charge in [0.15, 0.2) is 0 Å². The topological polar surface area (TPSA) is 72.8 Å². The Bertz CT molecular complexity index is 668. The van der Waals surface area contributed by atoms with Crippen molar-refractivity contribution in [3.8, 4) is 0 Å². The third kappa shape index (κ3) is 2.62. The molecule has 0 spiro atoms. The molecule has 0 bridgehead atoms. The second-order valence-corrected chi connectivity index (χ2v) is 5.58. The highest BCUT2D eigenvalue weighted by Gasteiger charge is 2.52. The summed E-state index contributed by atoms with van der Waals surface area (Å²) in [5.74, 6) is -3.20. The SMILES string of the molecule is Cc1ccc(C2NN(Cc3ccccc3)C(=O)C2(O)O)cc1. The molecule has 2 aromatic carbocycles. The van der Waals surface area contributed by atoms with Gasteiger partial charge in [0.25, 0.3) is 11.7 Å². The fourth-order valence-corrected chi connectivity index (χ4v) is 2.58. The van der Waals surface area contributed by atoms with Crippen LogP contribution in [0.1, 0.15) is 22.7 Å². The average molecular weight is 298 g/mol. The normalized spacial score (nSPS) is 20.4. The molecule has 0 radical (unpaired) electrons. The fraction of sp³-hybridized carbons (Fsp3) is 0.235. The van der Waals surface area contributed by atoms with Crippen LogP contribution in [0, 0.1) is 6.92 Å². The van der Waals surface area contributed by atoms with Crippen LogP contribution in [0.3, 0.4) is 0 Å². The Morgan fingerprint density at radius 2 is 1.73 bits per heavy atom. The van der Waals surface area contributed by atoms with Gasteiger partial charge < -0.3 is 10.2 Å². The third-order valence-corrected chi connectivity index (χ3v) is 3.84. The summed E-state index contributed by atoms with van der Waals surface area (Å²) in [5.41, 5.74) is 5.52. The van der Waals surface area contributed by atoms with Crippen molar-refractivity contribution in [2.24, 2.45) is 0 Å². The van der Waals surface area contributed by atoms with Crippen molar-refractivity contribution >= 4 is 5.91 Å². The number of nitrogens with zero attached hydrogens (tertiary/aromatic N) is 1. The van der Waals surface area contributed by atoms with Crippen LogP contribution in [0.25, 0.3) is 0 Å². The number of carbonyl (C=O) groups excluding carboxylic acids is 1. The van der Waals surface area contributed by atoms with Gasteiger partial charge in [-0.15, -0.1) is 0 Å². The number of rotatable bonds is 3. The smallest absolute Gasteiger partial charge is 0.299 e. The molecule has 1 heterocycles. The molecule has 1 unspecified atom stereocenters. The molecule has 1 atom stereocenters. The first-order chi connectivity index (χ1) is 10.5. The van der Waals surface area contributed by atoms with E-state index in [9.17, 15) is 15.0 Å². The lowest BCUT2D eigenvalue weighted by atomic mass is 9.99. The lowest BCUT2D eigenvalue weighted by molar-refractivity contribution is -0.187. The van der Waals surface area contributed by atoms with E-state index in [1.807, 2.05) is 49.4 Å². The van der Waals surface area contributed by atoms with Gasteiger partial charge in [0.2, 0.25) is 0 Å². The van der Waals surface area contributed by atoms with Crippen LogP contribution in [0.2, 0.25) is 0 Å². The van der Waals surface area contributed by atoms with E-state index in [0.717, 1.165) is 11.1 Å². The van der Waals surface area contributed by atoms with Gasteiger partial charge in [0, 0.05) is 0 Å². The summed E-state index contributed by atoms with van der Waals surface area (Å²) in [6, 6.07) is 15.8. The predicted octanol–water partition coefficient (Wildman–Crippen LogP) is 1.26. The van der Waals surface area contributed by atoms with E-state index in [2.05, 4.69) is 5.43 Å². The first-order valence-electron chi connectivity index (χ1n) is 7.12. The Hall–Kier alpha value is -2.21. The molecule has 2 aromatic rings. The number of amides is 1. The number of benzene rings is 2. The monoisotopic (exact) mass is 298 g/mol. The largest absolute Gasteiger partial charge is 0.357 e. The minimum atomic E-state index is -2.45. The maximum Gasteiger partial charge on any atom is 0.299 e. The molecule has 1 fully saturated rings. The quantitative estimate of drug-likeness (QED) is 0.746. The molecular weight excluding hydrogens is 280 g/mol. The molecule has 1 aliphatic heterocycles. The first kappa shape index (κ1) is 14.7. The molecule has 5 heteroatoms. The van der Waals surface area contributed by atoms with Crippen LogP contribution in [-0.2, 0) is 11.3 Å². The second kappa shape index (κ2) is 5.53. The van der Waals surface area contributed by atoms with Crippen molar-refractivity contribution in [3.05, 3.63) is 71.3 Å². The molecule has 1 saturated heterocycles. The maximum atomic E-state index is 12.2. The Labute approximate surface area is 128 Å². The van der Waals surface area contributed by atoms with Crippen molar-refractivity contribution in [1.29, 1.82) is 0 Å². The van der Waals surface area contributed by atoms with Crippen LogP contribution >= 0.6 is 0 Å². The highest BCUT2D eigenvalue weighted by atomic mass is 16.5. The summed E-state index contributed by atoms with van der Waals surface area (Å²) in [6.07, 6.45) is 0. The molecule has 0 aliphatic carbocycles. The molecule has 3 N–H and O–H groups in total. The summed E-state index contributed by atoms with van der Waals surface area (Å²) >= 11 is 0. The number of aliphatic hydroxyl groups is 2. The van der Waals surface area contributed by atoms with E-state index in [-0.39, 0.29) is 6.54 Å². The van der Waals surface area contributed by atoms with E-state index in [1.165, 1.54) is 5.01 Å². The van der Waals surface area contributed by atoms with Crippen molar-refractivity contribution < 1.29 is 15.0 Å². The van der Waals surface area contributed by atoms with Crippen LogP contribution in [-0.4, -0.2) is 26.9 Å². The molecule has 0 aromatic heterocycles. The van der Waals surface area contributed by atoms with Crippen molar-refractivity contribution in [3.63, 3.8) is 0 Å². The Balaban J connectivity index is 1.84. The second-order valence-electron chi connectivity index (χ2n) is 5.58. The average Bonchev–Trinajstić information content (AvgIpc) is 2.73. The van der Waals surface area contributed by atoms with E-state index >= 15 is 0 Å². The van der Waals surface area contributed by atoms with Crippen molar-refractivity contribution in [2.45, 2.75) is 25.3 Å². The van der Waals surface area contributed by atoms with Gasteiger partial charge in [0.1, 0.15) is 6.04 Å². The first-order valence-corrected chi connectivity index (χ1v) is 7.12. The molecule has 1 amide bonds. The highest BCUT2D eigenvalue weighted by molar-refractivity contribution is 5.86. The fourth-order valence-electron chi connectivity index (χ4n) is 2.58. The summed E-state index contributed by atoms with van der Waals surface area (Å²) in [5, 5.41) is 21.6. The zero-order valence-corrected chi connectivity index (χ0v) is 12.2. The van der Waals surface area contributed by atoms with E-state index in [4.69, 9.17) is 0 Å². The lowest BCUT2D eigenvalue weighted by Crippen LogP contribution is -2.42. The summed E-state index contributed by atoms with van der Waals surface area (Å²) < 4.78 is 0. The Morgan fingerprint density at radius 3 is 2.36 bits per heavy atom. The van der Waals surface area contributed by atoms with Gasteiger partial charge in [-0.1, -0.05) is 60.2 Å². The number of hydrazine groups is 1. The van der Waals surface area contributed by atoms with Crippen LogP contribution in [0.15, 0.2) is 54.6 Å². The zero-order valence-electron chi connectivity index (χ0n) is 12.2. The van der Waals surface area contributed by atoms with Gasteiger partial charge in [-0.05, 0) is 18.1 Å². The van der Waals surface area contributed by atoms with Crippen LogP contribution in [0.5, 0.6) is 0 Å². The number of nitrogens with one attached hydrogen (secondary N) is 1. The summed E-state index contributed by atoms with van der Waals surface area (Å²) in [7, 11) is 0. The number of hydrogen-bond donors (Lipinski definition) is 3. The molecule has 5 nitrogen and oxygen atoms in total. The summed E-state index contributed by atoms with van der Waals surface area (Å²) in [4.78, 5) is 12.2. The molecule has 114 valence electrons. The van der Waals surface area contributed by atoms with Gasteiger partial charge in [0.05, 0.1) is 6.54 Å². The van der Waals surface area contributed by atoms with Gasteiger partial charge in [-0.2, -0.15) is 0 Å². The standard InChI is InChI=1S/C17H18N2O3/c1-12-7-9-14(10-8-12)15-17(21,22)16(20)19(18-15)11-13-5-3-2-4-6-13/h2-10,15,18,21-22H,11H2,1H3. The molecule has 3 rings (SSSR count). The van der Waals surface area contributed by atoms with Gasteiger partial charge in [-0.25, -0.2) is 5.43 Å². The van der Waals surface area contributed by atoms with Crippen molar-refractivity contribution in [1.82, 2.24) is 10.4 Å². The molecular formula is C17H18N2O3. The Kier molecular flexibility index (Phi) is 3.70. The number of hydrogen-bond acceptors (Lipinski definition) is 4. The highest BCUT2D eigenvalue weighted by Crippen LogP contribution is 2.32. The molecule has 1 aliphatic rings. The molecule has 0 saturated carbocycles. The Morgan fingerprint density at radius 1 is 1.09 bits per heavy atom. The predicted molar refractivity (Wildman–Crippen MR) is 81.2 cm³/mol. The van der Waals surface area contributed by atoms with Gasteiger partial charge in [-0.3, -0.25) is 9.80 Å². The third-order valence-electron chi connectivity index (χ3n) is 3.84. The minimum Gasteiger partial charge on any atom is -0.357 e. The minimum absolute atomic E-state index is 0.269.